The topological polar surface area (TPSA) is 0 Å². The molecule has 0 nitrogen and oxygen atoms in total. The molecular weight excluding hydrogens is 462 g/mol. The van der Waals surface area contributed by atoms with E-state index >= 15 is 0 Å². The molecule has 2 aromatic carbocycles. The monoisotopic (exact) mass is 492 g/mol. The number of alkyl halides is 3. The van der Waals surface area contributed by atoms with Crippen molar-refractivity contribution in [2.45, 2.75) is 63.5 Å². The predicted molar refractivity (Wildman–Crippen MR) is 126 cm³/mol. The molecule has 2 aliphatic carbocycles. The molecule has 35 heavy (non-hydrogen) atoms. The van der Waals surface area contributed by atoms with Crippen LogP contribution in [0.2, 0.25) is 0 Å². The van der Waals surface area contributed by atoms with Crippen molar-refractivity contribution in [2.75, 3.05) is 0 Å². The molecule has 0 amide bonds. The molecule has 0 heterocycles. The van der Waals surface area contributed by atoms with Crippen LogP contribution in [-0.2, 0) is 6.18 Å². The van der Waals surface area contributed by atoms with E-state index in [9.17, 15) is 26.3 Å². The molecule has 2 fully saturated rings. The van der Waals surface area contributed by atoms with E-state index in [2.05, 4.69) is 24.8 Å². The number of halogens is 6. The molecule has 4 rings (SSSR count). The lowest BCUT2D eigenvalue weighted by molar-refractivity contribution is -0.142. The highest BCUT2D eigenvalue weighted by atomic mass is 19.4. The summed E-state index contributed by atoms with van der Waals surface area (Å²) in [7, 11) is 0. The van der Waals surface area contributed by atoms with Gasteiger partial charge in [-0.25, -0.2) is 13.2 Å². The quantitative estimate of drug-likeness (QED) is 0.288. The third kappa shape index (κ3) is 6.02. The molecule has 0 aromatic heterocycles. The fourth-order valence-electron chi connectivity index (χ4n) is 5.55. The second-order valence-electron chi connectivity index (χ2n) is 9.96. The maximum absolute atomic E-state index is 14.9. The number of hydrogen-bond acceptors (Lipinski definition) is 0. The average Bonchev–Trinajstić information content (AvgIpc) is 2.82. The van der Waals surface area contributed by atoms with Gasteiger partial charge in [0.05, 0.1) is 0 Å². The Morgan fingerprint density at radius 1 is 0.686 bits per heavy atom. The Kier molecular flexibility index (Phi) is 7.77. The summed E-state index contributed by atoms with van der Waals surface area (Å²) in [5, 5.41) is 0. The summed E-state index contributed by atoms with van der Waals surface area (Å²) in [4.78, 5) is 0. The van der Waals surface area contributed by atoms with E-state index in [1.165, 1.54) is 37.8 Å². The van der Waals surface area contributed by atoms with Gasteiger partial charge in [0.2, 0.25) is 0 Å². The summed E-state index contributed by atoms with van der Waals surface area (Å²) >= 11 is 0. The van der Waals surface area contributed by atoms with Crippen molar-refractivity contribution >= 4 is 0 Å². The number of rotatable bonds is 5. The van der Waals surface area contributed by atoms with E-state index < -0.39 is 29.2 Å². The van der Waals surface area contributed by atoms with Crippen molar-refractivity contribution in [1.82, 2.24) is 0 Å². The molecule has 0 unspecified atom stereocenters. The van der Waals surface area contributed by atoms with Crippen LogP contribution in [0.25, 0.3) is 11.1 Å². The molecule has 0 bridgehead atoms. The van der Waals surface area contributed by atoms with E-state index in [1.54, 1.807) is 6.07 Å². The van der Waals surface area contributed by atoms with E-state index in [4.69, 9.17) is 0 Å². The predicted octanol–water partition coefficient (Wildman–Crippen LogP) is 9.61. The normalized spacial score (nSPS) is 25.7. The summed E-state index contributed by atoms with van der Waals surface area (Å²) in [6, 6.07) is 5.53. The number of hydrogen-bond donors (Lipinski definition) is 0. The summed E-state index contributed by atoms with van der Waals surface area (Å²) in [6.07, 6.45) is 10.3. The molecule has 0 radical (unpaired) electrons. The molecule has 6 heteroatoms. The van der Waals surface area contributed by atoms with E-state index in [0.29, 0.717) is 29.9 Å². The number of allylic oxidation sites excluding steroid dienone is 3. The van der Waals surface area contributed by atoms with Gasteiger partial charge in [0.15, 0.2) is 0 Å². The molecule has 2 aliphatic rings. The van der Waals surface area contributed by atoms with Crippen LogP contribution in [0.1, 0.15) is 68.4 Å². The average molecular weight is 493 g/mol. The zero-order valence-electron chi connectivity index (χ0n) is 19.6. The maximum atomic E-state index is 14.9. The van der Waals surface area contributed by atoms with Crippen LogP contribution in [0.4, 0.5) is 26.3 Å². The Morgan fingerprint density at radius 2 is 1.20 bits per heavy atom. The van der Waals surface area contributed by atoms with Crippen molar-refractivity contribution in [2.24, 2.45) is 17.8 Å². The van der Waals surface area contributed by atoms with Crippen molar-refractivity contribution in [3.8, 4) is 11.1 Å². The molecule has 2 saturated carbocycles. The van der Waals surface area contributed by atoms with E-state index in [1.807, 2.05) is 0 Å². The van der Waals surface area contributed by atoms with Crippen molar-refractivity contribution in [3.05, 3.63) is 83.7 Å². The highest BCUT2D eigenvalue weighted by Gasteiger charge is 2.38. The molecular formula is C29H30F6. The molecule has 0 spiro atoms. The van der Waals surface area contributed by atoms with Crippen LogP contribution < -0.4 is 0 Å². The fourth-order valence-corrected chi connectivity index (χ4v) is 5.55. The maximum Gasteiger partial charge on any atom is 0.422 e. The lowest BCUT2D eigenvalue weighted by atomic mass is 9.77. The Hall–Kier alpha value is -2.50. The second-order valence-corrected chi connectivity index (χ2v) is 9.96. The van der Waals surface area contributed by atoms with Gasteiger partial charge in [-0.1, -0.05) is 30.4 Å². The third-order valence-electron chi connectivity index (χ3n) is 7.68. The van der Waals surface area contributed by atoms with Gasteiger partial charge in [0, 0.05) is 5.56 Å². The smallest absolute Gasteiger partial charge is 0.206 e. The van der Waals surface area contributed by atoms with Crippen LogP contribution in [0.5, 0.6) is 0 Å². The summed E-state index contributed by atoms with van der Waals surface area (Å²) < 4.78 is 81.2. The number of benzene rings is 2. The second kappa shape index (κ2) is 10.6. The first kappa shape index (κ1) is 25.6. The lowest BCUT2D eigenvalue weighted by Gasteiger charge is -2.28. The minimum atomic E-state index is -5.16. The molecule has 0 atom stereocenters. The minimum Gasteiger partial charge on any atom is -0.206 e. The lowest BCUT2D eigenvalue weighted by Crippen LogP contribution is -2.14. The standard InChI is InChI=1S/C29H30F6/c1-2-18-3-5-19(6-4-18)7-8-20-9-11-21(12-10-20)22-13-14-24(25(30)15-22)23-16-26(31)28(27(32)17-23)29(33,34)35/h2,7-8,13-21H,1,3-6,9-12H2/b8-7+. The van der Waals surface area contributed by atoms with Gasteiger partial charge < -0.3 is 0 Å². The zero-order valence-corrected chi connectivity index (χ0v) is 19.6. The van der Waals surface area contributed by atoms with Crippen LogP contribution in [0.15, 0.2) is 55.1 Å². The Labute approximate surface area is 202 Å². The van der Waals surface area contributed by atoms with Crippen molar-refractivity contribution in [3.63, 3.8) is 0 Å². The van der Waals surface area contributed by atoms with Crippen molar-refractivity contribution in [1.29, 1.82) is 0 Å². The van der Waals surface area contributed by atoms with Gasteiger partial charge in [-0.2, -0.15) is 13.2 Å². The van der Waals surface area contributed by atoms with Crippen molar-refractivity contribution < 1.29 is 26.3 Å². The van der Waals surface area contributed by atoms with Gasteiger partial charge in [-0.3, -0.25) is 0 Å². The Bertz CT molecular complexity index is 1040. The third-order valence-corrected chi connectivity index (χ3v) is 7.68. The molecule has 0 aliphatic heterocycles. The van der Waals surface area contributed by atoms with Crippen LogP contribution in [0.3, 0.4) is 0 Å². The highest BCUT2D eigenvalue weighted by Crippen LogP contribution is 2.40. The molecule has 188 valence electrons. The van der Waals surface area contributed by atoms with Crippen LogP contribution >= 0.6 is 0 Å². The van der Waals surface area contributed by atoms with Crippen LogP contribution in [0, 0.1) is 35.2 Å². The molecule has 0 saturated heterocycles. The summed E-state index contributed by atoms with van der Waals surface area (Å²) in [5.41, 5.74) is -1.53. The molecule has 0 N–H and O–H groups in total. The first-order chi connectivity index (χ1) is 16.7. The van der Waals surface area contributed by atoms with Gasteiger partial charge >= 0.3 is 6.18 Å². The highest BCUT2D eigenvalue weighted by molar-refractivity contribution is 5.65. The minimum absolute atomic E-state index is 0.122. The SMILES string of the molecule is C=CC1CCC(/C=C/C2CCC(c3ccc(-c4cc(F)c(C(F)(F)F)c(F)c4)c(F)c3)CC2)CC1. The fraction of sp³-hybridized carbons (Fsp3) is 0.448. The Morgan fingerprint density at radius 3 is 1.69 bits per heavy atom. The van der Waals surface area contributed by atoms with Gasteiger partial charge in [0.1, 0.15) is 23.0 Å². The van der Waals surface area contributed by atoms with Crippen LogP contribution in [-0.4, -0.2) is 0 Å². The van der Waals surface area contributed by atoms with Gasteiger partial charge in [-0.15, -0.1) is 6.58 Å². The van der Waals surface area contributed by atoms with E-state index in [0.717, 1.165) is 31.2 Å². The van der Waals surface area contributed by atoms with E-state index in [-0.39, 0.29) is 17.0 Å². The Balaban J connectivity index is 1.38. The zero-order chi connectivity index (χ0) is 25.2. The summed E-state index contributed by atoms with van der Waals surface area (Å²) in [6.45, 7) is 3.90. The summed E-state index contributed by atoms with van der Waals surface area (Å²) in [5.74, 6) is -2.20. The largest absolute Gasteiger partial charge is 0.422 e. The van der Waals surface area contributed by atoms with Gasteiger partial charge in [0.25, 0.3) is 0 Å². The first-order valence-electron chi connectivity index (χ1n) is 12.3. The first-order valence-corrected chi connectivity index (χ1v) is 12.3. The molecule has 2 aromatic rings. The van der Waals surface area contributed by atoms with Gasteiger partial charge in [-0.05, 0) is 104 Å².